The van der Waals surface area contributed by atoms with Crippen LogP contribution in [-0.2, 0) is 22.6 Å². The lowest BCUT2D eigenvalue weighted by Gasteiger charge is -2.10. The number of ether oxygens (including phenoxy) is 2. The summed E-state index contributed by atoms with van der Waals surface area (Å²) in [6, 6.07) is 12.3. The number of rotatable bonds is 6. The molecule has 0 radical (unpaired) electrons. The van der Waals surface area contributed by atoms with E-state index in [-0.39, 0.29) is 19.0 Å². The van der Waals surface area contributed by atoms with Crippen LogP contribution in [0.5, 0.6) is 5.75 Å². The molecule has 5 nitrogen and oxygen atoms in total. The van der Waals surface area contributed by atoms with Crippen LogP contribution in [0.2, 0.25) is 5.02 Å². The summed E-state index contributed by atoms with van der Waals surface area (Å²) in [5, 5.41) is 1.21. The van der Waals surface area contributed by atoms with Crippen LogP contribution in [0.4, 0.5) is 0 Å². The molecule has 3 aromatic rings. The van der Waals surface area contributed by atoms with Gasteiger partial charge in [0, 0.05) is 28.5 Å². The van der Waals surface area contributed by atoms with Crippen molar-refractivity contribution in [2.45, 2.75) is 26.4 Å². The molecule has 0 bridgehead atoms. The fraction of sp³-hybridized carbons (Fsp3) is 0.238. The largest absolute Gasteiger partial charge is 0.496 e. The van der Waals surface area contributed by atoms with E-state index < -0.39 is 5.63 Å². The second-order valence-corrected chi connectivity index (χ2v) is 6.57. The summed E-state index contributed by atoms with van der Waals surface area (Å²) in [7, 11) is 1.59. The first kappa shape index (κ1) is 19.0. The number of methoxy groups -OCH3 is 1. The van der Waals surface area contributed by atoms with Crippen molar-refractivity contribution in [3.05, 3.63) is 74.6 Å². The Morgan fingerprint density at radius 2 is 1.93 bits per heavy atom. The van der Waals surface area contributed by atoms with Gasteiger partial charge < -0.3 is 13.9 Å². The first-order chi connectivity index (χ1) is 13.0. The monoisotopic (exact) mass is 386 g/mol. The van der Waals surface area contributed by atoms with Gasteiger partial charge in [-0.05, 0) is 42.7 Å². The Labute approximate surface area is 161 Å². The molecule has 1 heterocycles. The van der Waals surface area contributed by atoms with Gasteiger partial charge in [-0.3, -0.25) is 4.79 Å². The van der Waals surface area contributed by atoms with Gasteiger partial charge in [-0.1, -0.05) is 29.8 Å². The van der Waals surface area contributed by atoms with Crippen LogP contribution < -0.4 is 10.4 Å². The third-order valence-electron chi connectivity index (χ3n) is 4.29. The van der Waals surface area contributed by atoms with Crippen LogP contribution in [0.15, 0.2) is 51.7 Å². The van der Waals surface area contributed by atoms with E-state index in [1.54, 1.807) is 19.2 Å². The molecule has 0 unspecified atom stereocenters. The van der Waals surface area contributed by atoms with Crippen LogP contribution in [-0.4, -0.2) is 13.1 Å². The minimum absolute atomic E-state index is 0.0216. The highest BCUT2D eigenvalue weighted by Gasteiger charge is 2.12. The van der Waals surface area contributed by atoms with Gasteiger partial charge in [0.25, 0.3) is 0 Å². The number of benzene rings is 2. The molecule has 140 valence electrons. The first-order valence-electron chi connectivity index (χ1n) is 8.48. The van der Waals surface area contributed by atoms with Gasteiger partial charge in [0.1, 0.15) is 17.9 Å². The van der Waals surface area contributed by atoms with E-state index in [2.05, 4.69) is 0 Å². The lowest BCUT2D eigenvalue weighted by molar-refractivity contribution is -0.144. The molecule has 0 atom stereocenters. The van der Waals surface area contributed by atoms with Gasteiger partial charge in [-0.25, -0.2) is 4.79 Å². The Kier molecular flexibility index (Phi) is 5.81. The lowest BCUT2D eigenvalue weighted by Crippen LogP contribution is -2.09. The van der Waals surface area contributed by atoms with Crippen molar-refractivity contribution in [1.82, 2.24) is 0 Å². The average molecular weight is 387 g/mol. The molecule has 6 heteroatoms. The Bertz CT molecular complexity index is 1040. The van der Waals surface area contributed by atoms with Crippen molar-refractivity contribution in [1.29, 1.82) is 0 Å². The van der Waals surface area contributed by atoms with Crippen molar-refractivity contribution < 1.29 is 18.7 Å². The minimum Gasteiger partial charge on any atom is -0.496 e. The predicted octanol–water partition coefficient (Wildman–Crippen LogP) is 4.44. The van der Waals surface area contributed by atoms with Crippen LogP contribution in [0, 0.1) is 6.92 Å². The van der Waals surface area contributed by atoms with Gasteiger partial charge in [-0.2, -0.15) is 0 Å². The Morgan fingerprint density at radius 1 is 1.15 bits per heavy atom. The molecule has 0 fully saturated rings. The van der Waals surface area contributed by atoms with Crippen LogP contribution in [0.3, 0.4) is 0 Å². The summed E-state index contributed by atoms with van der Waals surface area (Å²) < 4.78 is 15.8. The van der Waals surface area contributed by atoms with Gasteiger partial charge >= 0.3 is 11.6 Å². The fourth-order valence-corrected chi connectivity index (χ4v) is 3.01. The van der Waals surface area contributed by atoms with E-state index >= 15 is 0 Å². The predicted molar refractivity (Wildman–Crippen MR) is 103 cm³/mol. The summed E-state index contributed by atoms with van der Waals surface area (Å²) in [5.41, 5.74) is 2.23. The highest BCUT2D eigenvalue weighted by Crippen LogP contribution is 2.26. The SMILES string of the molecule is COc1ccccc1CCC(=O)OCc1cc(=O)oc2cc(C)c(Cl)cc12. The molecule has 1 aromatic heterocycles. The van der Waals surface area contributed by atoms with E-state index in [0.29, 0.717) is 28.0 Å². The zero-order valence-corrected chi connectivity index (χ0v) is 15.8. The Hall–Kier alpha value is -2.79. The van der Waals surface area contributed by atoms with Crippen LogP contribution in [0.25, 0.3) is 11.0 Å². The van der Waals surface area contributed by atoms with Gasteiger partial charge in [0.2, 0.25) is 0 Å². The Morgan fingerprint density at radius 3 is 2.70 bits per heavy atom. The number of carbonyl (C=O) groups is 1. The summed E-state index contributed by atoms with van der Waals surface area (Å²) in [4.78, 5) is 23.9. The summed E-state index contributed by atoms with van der Waals surface area (Å²) in [5.74, 6) is 0.377. The third-order valence-corrected chi connectivity index (χ3v) is 4.70. The number of esters is 1. The summed E-state index contributed by atoms with van der Waals surface area (Å²) in [6.45, 7) is 1.80. The van der Waals surface area contributed by atoms with E-state index in [0.717, 1.165) is 16.9 Å². The number of hydrogen-bond acceptors (Lipinski definition) is 5. The molecular formula is C21H19ClO5. The van der Waals surface area contributed by atoms with Crippen LogP contribution in [0.1, 0.15) is 23.1 Å². The maximum atomic E-state index is 12.1. The van der Waals surface area contributed by atoms with Crippen molar-refractivity contribution in [3.63, 3.8) is 0 Å². The number of halogens is 1. The maximum absolute atomic E-state index is 12.1. The number of fused-ring (bicyclic) bond motifs is 1. The molecule has 0 saturated carbocycles. The normalized spacial score (nSPS) is 10.8. The zero-order chi connectivity index (χ0) is 19.4. The summed E-state index contributed by atoms with van der Waals surface area (Å²) in [6.07, 6.45) is 0.713. The lowest BCUT2D eigenvalue weighted by atomic mass is 10.1. The molecular weight excluding hydrogens is 368 g/mol. The van der Waals surface area contributed by atoms with Gasteiger partial charge in [-0.15, -0.1) is 0 Å². The van der Waals surface area contributed by atoms with Gasteiger partial charge in [0.15, 0.2) is 0 Å². The number of para-hydroxylation sites is 1. The zero-order valence-electron chi connectivity index (χ0n) is 15.1. The third kappa shape index (κ3) is 4.49. The molecule has 0 N–H and O–H groups in total. The quantitative estimate of drug-likeness (QED) is 0.463. The van der Waals surface area contributed by atoms with E-state index in [1.807, 2.05) is 31.2 Å². The Balaban J connectivity index is 1.70. The molecule has 0 aliphatic heterocycles. The molecule has 0 aliphatic rings. The van der Waals surface area contributed by atoms with Gasteiger partial charge in [0.05, 0.1) is 7.11 Å². The van der Waals surface area contributed by atoms with Crippen molar-refractivity contribution in [2.75, 3.05) is 7.11 Å². The second kappa shape index (κ2) is 8.27. The highest BCUT2D eigenvalue weighted by molar-refractivity contribution is 6.32. The second-order valence-electron chi connectivity index (χ2n) is 6.16. The number of carbonyl (C=O) groups excluding carboxylic acids is 1. The summed E-state index contributed by atoms with van der Waals surface area (Å²) >= 11 is 6.17. The molecule has 0 aliphatic carbocycles. The van der Waals surface area contributed by atoms with E-state index in [1.165, 1.54) is 6.07 Å². The first-order valence-corrected chi connectivity index (χ1v) is 8.86. The fourth-order valence-electron chi connectivity index (χ4n) is 2.84. The van der Waals surface area contributed by atoms with E-state index in [4.69, 9.17) is 25.5 Å². The number of aryl methyl sites for hydroxylation is 2. The van der Waals surface area contributed by atoms with E-state index in [9.17, 15) is 9.59 Å². The molecule has 0 saturated heterocycles. The molecule has 2 aromatic carbocycles. The smallest absolute Gasteiger partial charge is 0.336 e. The van der Waals surface area contributed by atoms with Crippen molar-refractivity contribution >= 4 is 28.5 Å². The maximum Gasteiger partial charge on any atom is 0.336 e. The topological polar surface area (TPSA) is 65.7 Å². The molecule has 27 heavy (non-hydrogen) atoms. The molecule has 0 amide bonds. The average Bonchev–Trinajstić information content (AvgIpc) is 2.66. The highest BCUT2D eigenvalue weighted by atomic mass is 35.5. The molecule has 3 rings (SSSR count). The van der Waals surface area contributed by atoms with Crippen molar-refractivity contribution in [2.24, 2.45) is 0 Å². The van der Waals surface area contributed by atoms with Crippen molar-refractivity contribution in [3.8, 4) is 5.75 Å². The standard InChI is InChI=1S/C21H19ClO5/c1-13-9-19-16(11-17(13)22)15(10-21(24)27-19)12-26-20(23)8-7-14-5-3-4-6-18(14)25-2/h3-6,9-11H,7-8,12H2,1-2H3. The van der Waals surface area contributed by atoms with Crippen LogP contribution >= 0.6 is 11.6 Å². The number of hydrogen-bond donors (Lipinski definition) is 0. The minimum atomic E-state index is -0.496. The molecule has 0 spiro atoms.